The molecule has 3 aromatic carbocycles. The van der Waals surface area contributed by atoms with Crippen molar-refractivity contribution in [1.29, 1.82) is 0 Å². The maximum atomic E-state index is 13.8. The van der Waals surface area contributed by atoms with Gasteiger partial charge in [0.2, 0.25) is 0 Å². The van der Waals surface area contributed by atoms with Crippen molar-refractivity contribution in [3.05, 3.63) is 82.9 Å². The van der Waals surface area contributed by atoms with E-state index in [0.717, 1.165) is 0 Å². The van der Waals surface area contributed by atoms with Crippen LogP contribution in [0.3, 0.4) is 0 Å². The van der Waals surface area contributed by atoms with E-state index in [4.69, 9.17) is 19.5 Å². The average molecular weight is 529 g/mol. The molecule has 3 rings (SSSR count). The lowest BCUT2D eigenvalue weighted by atomic mass is 10.0. The predicted octanol–water partition coefficient (Wildman–Crippen LogP) is 5.30. The first-order chi connectivity index (χ1) is 17.3. The number of alkyl halides is 6. The van der Waals surface area contributed by atoms with Crippen LogP contribution in [0.25, 0.3) is 0 Å². The molecular formula is C24H22BF6NO5. The summed E-state index contributed by atoms with van der Waals surface area (Å²) in [6.45, 7) is -0.0282. The first-order valence-corrected chi connectivity index (χ1v) is 10.7. The minimum Gasteiger partial charge on any atom is -0.511 e. The minimum atomic E-state index is -5.50. The summed E-state index contributed by atoms with van der Waals surface area (Å²) >= 11 is 0. The van der Waals surface area contributed by atoms with E-state index in [1.807, 2.05) is 0 Å². The molecule has 0 unspecified atom stereocenters. The van der Waals surface area contributed by atoms with Crippen molar-refractivity contribution in [3.63, 3.8) is 0 Å². The highest BCUT2D eigenvalue weighted by molar-refractivity contribution is 6.33. The lowest BCUT2D eigenvalue weighted by molar-refractivity contribution is -0.162. The second-order valence-corrected chi connectivity index (χ2v) is 7.86. The molecular weight excluding hydrogens is 507 g/mol. The second kappa shape index (κ2) is 11.2. The molecule has 0 fully saturated rings. The molecule has 0 aliphatic heterocycles. The van der Waals surface area contributed by atoms with Crippen molar-refractivity contribution in [2.45, 2.75) is 25.4 Å². The Morgan fingerprint density at radius 1 is 0.730 bits per heavy atom. The number of hydrogen-bond acceptors (Lipinski definition) is 6. The predicted molar refractivity (Wildman–Crippen MR) is 123 cm³/mol. The van der Waals surface area contributed by atoms with E-state index in [2.05, 4.69) is 4.65 Å². The maximum absolute atomic E-state index is 13.8. The molecule has 0 saturated carbocycles. The molecule has 2 N–H and O–H groups in total. The second-order valence-electron chi connectivity index (χ2n) is 7.86. The minimum absolute atomic E-state index is 0.0141. The van der Waals surface area contributed by atoms with Gasteiger partial charge in [0.1, 0.15) is 22.8 Å². The molecule has 0 aliphatic rings. The zero-order chi connectivity index (χ0) is 27.4. The van der Waals surface area contributed by atoms with E-state index < -0.39 is 36.6 Å². The van der Waals surface area contributed by atoms with Gasteiger partial charge in [-0.2, -0.15) is 26.3 Å². The van der Waals surface area contributed by atoms with Crippen LogP contribution in [0.1, 0.15) is 22.3 Å². The molecule has 0 heterocycles. The van der Waals surface area contributed by atoms with Crippen LogP contribution in [0.2, 0.25) is 0 Å². The third-order valence-electron chi connectivity index (χ3n) is 5.34. The van der Waals surface area contributed by atoms with Gasteiger partial charge in [0.25, 0.3) is 0 Å². The number of rotatable bonds is 9. The summed E-state index contributed by atoms with van der Waals surface area (Å²) in [4.78, 5) is 1.40. The van der Waals surface area contributed by atoms with Gasteiger partial charge in [-0.25, -0.2) is 0 Å². The van der Waals surface area contributed by atoms with Gasteiger partial charge < -0.3 is 29.1 Å². The molecule has 13 heteroatoms. The van der Waals surface area contributed by atoms with Gasteiger partial charge in [0.15, 0.2) is 0 Å². The molecule has 0 atom stereocenters. The standard InChI is InChI=1S/C24H22BF6NO5/c1-35-18-7-3-15(4-8-18)13-32(14-16-5-9-19(36-2)10-6-16)17-11-20(23(26,27)28)22(24(29,30)31)21(12-17)37-25(33)34/h3-12,33-34H,13-14H2,1-2H3. The lowest BCUT2D eigenvalue weighted by Gasteiger charge is -2.28. The summed E-state index contributed by atoms with van der Waals surface area (Å²) in [5.74, 6) is -0.305. The highest BCUT2D eigenvalue weighted by atomic mass is 19.4. The number of methoxy groups -OCH3 is 2. The molecule has 0 spiro atoms. The summed E-state index contributed by atoms with van der Waals surface area (Å²) in [6.07, 6.45) is -10.9. The SMILES string of the molecule is COc1ccc(CN(Cc2ccc(OC)cc2)c2cc(OB(O)O)c(C(F)(F)F)c(C(F)(F)F)c2)cc1. The highest BCUT2D eigenvalue weighted by Crippen LogP contribution is 2.47. The fourth-order valence-electron chi connectivity index (χ4n) is 3.65. The van der Waals surface area contributed by atoms with E-state index in [1.54, 1.807) is 48.5 Å². The average Bonchev–Trinajstić information content (AvgIpc) is 2.82. The van der Waals surface area contributed by atoms with Crippen molar-refractivity contribution in [2.24, 2.45) is 0 Å². The van der Waals surface area contributed by atoms with Crippen LogP contribution in [-0.4, -0.2) is 31.6 Å². The molecule has 0 amide bonds. The van der Waals surface area contributed by atoms with Crippen molar-refractivity contribution >= 4 is 13.0 Å². The Balaban J connectivity index is 2.17. The first-order valence-electron chi connectivity index (χ1n) is 10.7. The third kappa shape index (κ3) is 7.23. The Morgan fingerprint density at radius 2 is 1.19 bits per heavy atom. The third-order valence-corrected chi connectivity index (χ3v) is 5.34. The van der Waals surface area contributed by atoms with Crippen LogP contribution < -0.4 is 19.0 Å². The molecule has 0 bridgehead atoms. The van der Waals surface area contributed by atoms with Crippen LogP contribution in [0.5, 0.6) is 17.2 Å². The Hall–Kier alpha value is -3.58. The normalized spacial score (nSPS) is 11.7. The number of hydrogen-bond donors (Lipinski definition) is 2. The largest absolute Gasteiger partial charge is 0.707 e. The van der Waals surface area contributed by atoms with Crippen molar-refractivity contribution in [1.82, 2.24) is 0 Å². The van der Waals surface area contributed by atoms with E-state index in [-0.39, 0.29) is 18.8 Å². The van der Waals surface area contributed by atoms with Gasteiger partial charge in [-0.3, -0.25) is 0 Å². The van der Waals surface area contributed by atoms with Crippen molar-refractivity contribution < 1.29 is 50.5 Å². The summed E-state index contributed by atoms with van der Waals surface area (Å²) in [5, 5.41) is 18.3. The number of nitrogens with zero attached hydrogens (tertiary/aromatic N) is 1. The van der Waals surface area contributed by atoms with Crippen molar-refractivity contribution in [3.8, 4) is 17.2 Å². The van der Waals surface area contributed by atoms with E-state index in [9.17, 15) is 26.3 Å². The zero-order valence-corrected chi connectivity index (χ0v) is 19.6. The summed E-state index contributed by atoms with van der Waals surface area (Å²) in [5.41, 5.74) is -3.24. The van der Waals surface area contributed by atoms with Crippen LogP contribution >= 0.6 is 0 Å². The Bertz CT molecular complexity index is 1130. The lowest BCUT2D eigenvalue weighted by Crippen LogP contribution is -2.27. The molecule has 3 aromatic rings. The Labute approximate surface area is 208 Å². The smallest absolute Gasteiger partial charge is 0.511 e. The Kier molecular flexibility index (Phi) is 8.49. The van der Waals surface area contributed by atoms with Crippen LogP contribution in [0.15, 0.2) is 60.7 Å². The van der Waals surface area contributed by atoms with Gasteiger partial charge >= 0.3 is 19.7 Å². The van der Waals surface area contributed by atoms with Gasteiger partial charge in [-0.1, -0.05) is 24.3 Å². The van der Waals surface area contributed by atoms with Crippen LogP contribution in [-0.2, 0) is 25.4 Å². The molecule has 0 radical (unpaired) electrons. The number of benzene rings is 3. The van der Waals surface area contributed by atoms with Gasteiger partial charge in [-0.05, 0) is 41.5 Å². The van der Waals surface area contributed by atoms with Gasteiger partial charge in [0.05, 0.1) is 19.8 Å². The fourth-order valence-corrected chi connectivity index (χ4v) is 3.65. The highest BCUT2D eigenvalue weighted by Gasteiger charge is 2.46. The Morgan fingerprint density at radius 3 is 1.54 bits per heavy atom. The summed E-state index contributed by atoms with van der Waals surface area (Å²) < 4.78 is 97.1. The van der Waals surface area contributed by atoms with Crippen molar-refractivity contribution in [2.75, 3.05) is 19.1 Å². The molecule has 6 nitrogen and oxygen atoms in total. The molecule has 0 aliphatic carbocycles. The van der Waals surface area contributed by atoms with Gasteiger partial charge in [-0.15, -0.1) is 0 Å². The first kappa shape index (κ1) is 28.0. The molecule has 37 heavy (non-hydrogen) atoms. The van der Waals surface area contributed by atoms with Gasteiger partial charge in [0, 0.05) is 24.8 Å². The quantitative estimate of drug-likeness (QED) is 0.290. The maximum Gasteiger partial charge on any atom is 0.707 e. The fraction of sp³-hybridized carbons (Fsp3) is 0.250. The van der Waals surface area contributed by atoms with E-state index in [0.29, 0.717) is 34.8 Å². The number of halogens is 6. The molecule has 198 valence electrons. The zero-order valence-electron chi connectivity index (χ0n) is 19.6. The summed E-state index contributed by atoms with van der Waals surface area (Å²) in [7, 11) is 0.139. The van der Waals surface area contributed by atoms with E-state index >= 15 is 0 Å². The topological polar surface area (TPSA) is 71.4 Å². The molecule has 0 saturated heterocycles. The summed E-state index contributed by atoms with van der Waals surface area (Å²) in [6, 6.07) is 14.2. The van der Waals surface area contributed by atoms with Crippen LogP contribution in [0.4, 0.5) is 32.0 Å². The monoisotopic (exact) mass is 529 g/mol. The van der Waals surface area contributed by atoms with Crippen LogP contribution in [0, 0.1) is 0 Å². The van der Waals surface area contributed by atoms with E-state index in [1.165, 1.54) is 19.1 Å². The number of anilines is 1. The number of ether oxygens (including phenoxy) is 2. The molecule has 0 aromatic heterocycles.